The van der Waals surface area contributed by atoms with E-state index in [1.54, 1.807) is 0 Å². The molecule has 0 aliphatic carbocycles. The van der Waals surface area contributed by atoms with Crippen molar-refractivity contribution in [3.8, 4) is 44.5 Å². The maximum absolute atomic E-state index is 2.32. The van der Waals surface area contributed by atoms with Crippen LogP contribution in [0.15, 0.2) is 194 Å². The summed E-state index contributed by atoms with van der Waals surface area (Å²) >= 11 is 18.6. The van der Waals surface area contributed by atoms with Crippen molar-refractivity contribution in [3.63, 3.8) is 0 Å². The van der Waals surface area contributed by atoms with Gasteiger partial charge in [-0.05, 0) is 322 Å². The van der Waals surface area contributed by atoms with E-state index < -0.39 is 0 Å². The molecule has 31 heteroatoms. The molecule has 8 aromatic carbocycles. The van der Waals surface area contributed by atoms with Gasteiger partial charge in [-0.3, -0.25) is 0 Å². The molecule has 0 amide bonds. The molecule has 8 aromatic rings. The zero-order chi connectivity index (χ0) is 39.9. The van der Waals surface area contributed by atoms with E-state index in [0.29, 0.717) is 0 Å². The second-order valence-electron chi connectivity index (χ2n) is 12.1. The Bertz CT molecular complexity index is 1900. The molecular weight excluding hydrogens is 1960 g/mol. The van der Waals surface area contributed by atoms with Crippen LogP contribution in [0.3, 0.4) is 0 Å². The third kappa shape index (κ3) is 47.7. The van der Waals surface area contributed by atoms with Crippen molar-refractivity contribution >= 4 is 181 Å². The molecule has 0 radical (unpaired) electrons. The van der Waals surface area contributed by atoms with Gasteiger partial charge in [-0.15, -0.1) is 0 Å². The van der Waals surface area contributed by atoms with Crippen LogP contribution in [0.1, 0.15) is 0 Å². The SMILES string of the molecule is Ic1ccc(-c2ccc(I)cc2)cc1.Ic1ccc(-c2ccc(I)cc2)cc1.Ic1ccc(-c2ccc(I)cc2)cc1.Ic1ccc(-c2ccc(I)cc2)cc1.O.O.O.O.O.O.O.O.O.O.O.O.O.O.O.O.O.O.O.O.O.O.O. The Morgan fingerprint density at radius 2 is 0.152 bits per heavy atom. The Labute approximate surface area is 566 Å². The van der Waals surface area contributed by atoms with Gasteiger partial charge in [-0.25, -0.2) is 0 Å². The molecule has 0 atom stereocenters. The summed E-state index contributed by atoms with van der Waals surface area (Å²) in [6.07, 6.45) is 0. The number of hydrogen-bond acceptors (Lipinski definition) is 0. The van der Waals surface area contributed by atoms with E-state index in [9.17, 15) is 0 Å². The molecule has 46 N–H and O–H groups in total. The lowest BCUT2D eigenvalue weighted by Crippen LogP contribution is -1.78. The van der Waals surface area contributed by atoms with E-state index in [-0.39, 0.29) is 126 Å². The van der Waals surface area contributed by atoms with E-state index >= 15 is 0 Å². The van der Waals surface area contributed by atoms with Crippen molar-refractivity contribution in [3.05, 3.63) is 223 Å². The Hall–Kier alpha value is -1.32. The topological polar surface area (TPSA) is 724 Å². The Morgan fingerprint density at radius 3 is 0.203 bits per heavy atom. The fraction of sp³-hybridized carbons (Fsp3) is 0. The largest absolute Gasteiger partial charge is 0.412 e. The van der Waals surface area contributed by atoms with Crippen LogP contribution in [-0.4, -0.2) is 126 Å². The number of halogens is 8. The van der Waals surface area contributed by atoms with Crippen LogP contribution in [0.25, 0.3) is 44.5 Å². The third-order valence-corrected chi connectivity index (χ3v) is 13.8. The minimum atomic E-state index is 0. The predicted octanol–water partition coefficient (Wildman–Crippen LogP) is -0.717. The van der Waals surface area contributed by atoms with Crippen LogP contribution in [-0.2, 0) is 0 Å². The Kier molecular flexibility index (Phi) is 119. The van der Waals surface area contributed by atoms with Crippen molar-refractivity contribution in [1.29, 1.82) is 0 Å². The van der Waals surface area contributed by atoms with Crippen molar-refractivity contribution in [1.82, 2.24) is 0 Å². The minimum Gasteiger partial charge on any atom is -0.412 e. The normalized spacial score (nSPS) is 7.19. The maximum atomic E-state index is 2.32. The maximum Gasteiger partial charge on any atom is 0.0130 e. The van der Waals surface area contributed by atoms with Crippen molar-refractivity contribution < 1.29 is 126 Å². The summed E-state index contributed by atoms with van der Waals surface area (Å²) in [5.41, 5.74) is 10.2. The first-order chi connectivity index (χ1) is 27.0. The van der Waals surface area contributed by atoms with Gasteiger partial charge in [-0.2, -0.15) is 0 Å². The zero-order valence-corrected chi connectivity index (χ0v) is 58.3. The van der Waals surface area contributed by atoms with E-state index in [1.807, 2.05) is 0 Å². The van der Waals surface area contributed by atoms with Gasteiger partial charge in [0.15, 0.2) is 0 Å². The van der Waals surface area contributed by atoms with Gasteiger partial charge in [0.05, 0.1) is 0 Å². The average molecular weight is 2040 g/mol. The molecule has 0 bridgehead atoms. The van der Waals surface area contributed by atoms with Gasteiger partial charge in [0.2, 0.25) is 0 Å². The molecule has 79 heavy (non-hydrogen) atoms. The highest BCUT2D eigenvalue weighted by molar-refractivity contribution is 14.1. The minimum absolute atomic E-state index is 0. The van der Waals surface area contributed by atoms with Crippen LogP contribution < -0.4 is 0 Å². The molecule has 464 valence electrons. The lowest BCUT2D eigenvalue weighted by Gasteiger charge is -2.01. The van der Waals surface area contributed by atoms with Crippen molar-refractivity contribution in [2.45, 2.75) is 0 Å². The molecule has 8 rings (SSSR count). The van der Waals surface area contributed by atoms with Gasteiger partial charge >= 0.3 is 0 Å². The number of hydrogen-bond donors (Lipinski definition) is 0. The van der Waals surface area contributed by atoms with E-state index in [2.05, 4.69) is 375 Å². The second-order valence-corrected chi connectivity index (χ2v) is 22.0. The quantitative estimate of drug-likeness (QED) is 0.197. The van der Waals surface area contributed by atoms with Gasteiger partial charge < -0.3 is 126 Å². The number of rotatable bonds is 4. The molecule has 0 unspecified atom stereocenters. The molecule has 0 spiro atoms. The highest BCUT2D eigenvalue weighted by Gasteiger charge is 2.00. The molecule has 0 aliphatic rings. The van der Waals surface area contributed by atoms with Crippen LogP contribution in [0.4, 0.5) is 0 Å². The summed E-state index contributed by atoms with van der Waals surface area (Å²) in [6, 6.07) is 68.6. The summed E-state index contributed by atoms with van der Waals surface area (Å²) in [6.45, 7) is 0. The lowest BCUT2D eigenvalue weighted by molar-refractivity contribution is 0.823. The van der Waals surface area contributed by atoms with Gasteiger partial charge in [0, 0.05) is 28.6 Å². The summed E-state index contributed by atoms with van der Waals surface area (Å²) < 4.78 is 10.2. The standard InChI is InChI=1S/4C12H8I2.23H2O/c4*13-11-5-1-9(2-6-11)10-3-7-12(14)8-4-10;;;;;;;;;;;;;;;;;;;;;;;/h4*1-8H;23*1H2. The Morgan fingerprint density at radius 1 is 0.101 bits per heavy atom. The molecule has 0 saturated carbocycles. The lowest BCUT2D eigenvalue weighted by atomic mass is 10.1. The van der Waals surface area contributed by atoms with E-state index in [1.165, 1.54) is 73.1 Å². The Balaban J connectivity index is -0.0000000326. The zero-order valence-electron chi connectivity index (χ0n) is 41.0. The molecule has 0 aliphatic heterocycles. The summed E-state index contributed by atoms with van der Waals surface area (Å²) in [7, 11) is 0. The van der Waals surface area contributed by atoms with Crippen LogP contribution in [0.5, 0.6) is 0 Å². The average Bonchev–Trinajstić information content (AvgIpc) is 3.21. The molecule has 0 saturated heterocycles. The van der Waals surface area contributed by atoms with Gasteiger partial charge in [-0.1, -0.05) is 97.1 Å². The molecule has 0 heterocycles. The first-order valence-corrected chi connectivity index (χ1v) is 25.7. The van der Waals surface area contributed by atoms with Crippen LogP contribution in [0.2, 0.25) is 0 Å². The molecule has 0 aromatic heterocycles. The van der Waals surface area contributed by atoms with E-state index in [0.717, 1.165) is 0 Å². The summed E-state index contributed by atoms with van der Waals surface area (Å²) in [4.78, 5) is 0. The van der Waals surface area contributed by atoms with Gasteiger partial charge in [0.1, 0.15) is 0 Å². The fourth-order valence-corrected chi connectivity index (χ4v) is 8.02. The second kappa shape index (κ2) is 70.9. The van der Waals surface area contributed by atoms with Gasteiger partial charge in [0.25, 0.3) is 0 Å². The highest BCUT2D eigenvalue weighted by Crippen LogP contribution is 2.24. The fourth-order valence-electron chi connectivity index (χ4n) is 5.14. The first-order valence-electron chi connectivity index (χ1n) is 17.1. The summed E-state index contributed by atoms with van der Waals surface area (Å²) in [5, 5.41) is 0. The smallest absolute Gasteiger partial charge is 0.0130 e. The van der Waals surface area contributed by atoms with Crippen LogP contribution in [0, 0.1) is 28.6 Å². The van der Waals surface area contributed by atoms with Crippen molar-refractivity contribution in [2.24, 2.45) is 0 Å². The monoisotopic (exact) mass is 2040 g/mol. The van der Waals surface area contributed by atoms with Crippen molar-refractivity contribution in [2.75, 3.05) is 0 Å². The summed E-state index contributed by atoms with van der Waals surface area (Å²) in [5.74, 6) is 0. The van der Waals surface area contributed by atoms with E-state index in [4.69, 9.17) is 0 Å². The highest BCUT2D eigenvalue weighted by atomic mass is 127. The third-order valence-electron chi connectivity index (χ3n) is 8.09. The first kappa shape index (κ1) is 133. The molecule has 23 nitrogen and oxygen atoms in total. The molecular formula is C48H78I8O23. The van der Waals surface area contributed by atoms with Crippen LogP contribution >= 0.6 is 181 Å². The molecule has 0 fully saturated rings. The predicted molar refractivity (Wildman–Crippen MR) is 392 cm³/mol. The number of benzene rings is 8.